The molecule has 4 rings (SSSR count). The Morgan fingerprint density at radius 3 is 2.70 bits per heavy atom. The normalized spacial score (nSPS) is 20.6. The zero-order valence-corrected chi connectivity index (χ0v) is 18.5. The maximum atomic E-state index is 12.7. The molecule has 7 nitrogen and oxygen atoms in total. The maximum absolute atomic E-state index is 12.7. The molecule has 1 aromatic carbocycles. The summed E-state index contributed by atoms with van der Waals surface area (Å²) in [5, 5.41) is 19.9. The molecule has 0 spiro atoms. The summed E-state index contributed by atoms with van der Waals surface area (Å²) in [4.78, 5) is 16.8. The minimum absolute atomic E-state index is 0.197. The standard InChI is InChI=1S/C22H31ClN4O3/c1-22(2,21(29)18-12-17(23)11-15-13-24-25-20(15)18)16-3-5-27(6-4-16)19(28)14-26-7-9-30-10-8-26/h11-13,16,21,29H,3-10,14H2,1-2H3,(H,24,25)/t21-/m1/s1. The van der Waals surface area contributed by atoms with Gasteiger partial charge in [-0.15, -0.1) is 0 Å². The third kappa shape index (κ3) is 4.35. The number of hydrogen-bond acceptors (Lipinski definition) is 5. The van der Waals surface area contributed by atoms with Crippen molar-refractivity contribution in [2.24, 2.45) is 11.3 Å². The lowest BCUT2D eigenvalue weighted by atomic mass is 9.68. The van der Waals surface area contributed by atoms with E-state index < -0.39 is 6.10 Å². The number of carbonyl (C=O) groups excluding carboxylic acids is 1. The van der Waals surface area contributed by atoms with Crippen LogP contribution >= 0.6 is 11.6 Å². The second-order valence-corrected chi connectivity index (χ2v) is 9.53. The molecule has 2 aliphatic heterocycles. The first-order chi connectivity index (χ1) is 14.4. The van der Waals surface area contributed by atoms with Crippen LogP contribution in [0.5, 0.6) is 0 Å². The summed E-state index contributed by atoms with van der Waals surface area (Å²) in [6.45, 7) is 9.21. The van der Waals surface area contributed by atoms with Crippen LogP contribution in [0.1, 0.15) is 38.4 Å². The number of aliphatic hydroxyl groups is 1. The molecule has 2 fully saturated rings. The van der Waals surface area contributed by atoms with Gasteiger partial charge in [0.05, 0.1) is 37.6 Å². The molecular formula is C22H31ClN4O3. The number of ether oxygens (including phenoxy) is 1. The van der Waals surface area contributed by atoms with E-state index in [1.54, 1.807) is 6.20 Å². The van der Waals surface area contributed by atoms with E-state index in [0.717, 1.165) is 55.5 Å². The first-order valence-corrected chi connectivity index (χ1v) is 11.1. The first kappa shape index (κ1) is 21.6. The van der Waals surface area contributed by atoms with E-state index >= 15 is 0 Å². The Morgan fingerprint density at radius 1 is 1.30 bits per heavy atom. The van der Waals surface area contributed by atoms with Crippen molar-refractivity contribution in [2.45, 2.75) is 32.8 Å². The number of carbonyl (C=O) groups is 1. The highest BCUT2D eigenvalue weighted by Gasteiger charge is 2.40. The largest absolute Gasteiger partial charge is 0.388 e. The van der Waals surface area contributed by atoms with Crippen molar-refractivity contribution >= 4 is 28.4 Å². The number of rotatable bonds is 5. The van der Waals surface area contributed by atoms with Gasteiger partial charge < -0.3 is 14.7 Å². The summed E-state index contributed by atoms with van der Waals surface area (Å²) in [7, 11) is 0. The van der Waals surface area contributed by atoms with Gasteiger partial charge in [0.2, 0.25) is 5.91 Å². The van der Waals surface area contributed by atoms with Gasteiger partial charge in [0.1, 0.15) is 0 Å². The molecule has 2 aliphatic rings. The van der Waals surface area contributed by atoms with Crippen LogP contribution in [-0.2, 0) is 9.53 Å². The van der Waals surface area contributed by atoms with E-state index in [2.05, 4.69) is 28.9 Å². The van der Waals surface area contributed by atoms with Gasteiger partial charge in [-0.2, -0.15) is 5.10 Å². The molecule has 3 heterocycles. The molecule has 1 atom stereocenters. The summed E-state index contributed by atoms with van der Waals surface area (Å²) in [6, 6.07) is 3.68. The average Bonchev–Trinajstić information content (AvgIpc) is 3.21. The summed E-state index contributed by atoms with van der Waals surface area (Å²) < 4.78 is 5.36. The Balaban J connectivity index is 1.40. The fourth-order valence-corrected chi connectivity index (χ4v) is 5.05. The van der Waals surface area contributed by atoms with Crippen LogP contribution in [0.3, 0.4) is 0 Å². The van der Waals surface area contributed by atoms with Gasteiger partial charge in [-0.05, 0) is 36.3 Å². The molecule has 1 amide bonds. The number of aromatic amines is 1. The Morgan fingerprint density at radius 2 is 2.00 bits per heavy atom. The second-order valence-electron chi connectivity index (χ2n) is 9.10. The number of fused-ring (bicyclic) bond motifs is 1. The molecule has 0 bridgehead atoms. The van der Waals surface area contributed by atoms with Gasteiger partial charge in [-0.1, -0.05) is 25.4 Å². The van der Waals surface area contributed by atoms with Crippen LogP contribution < -0.4 is 0 Å². The number of amides is 1. The van der Waals surface area contributed by atoms with Crippen molar-refractivity contribution in [1.82, 2.24) is 20.0 Å². The van der Waals surface area contributed by atoms with Gasteiger partial charge in [0.25, 0.3) is 0 Å². The van der Waals surface area contributed by atoms with Gasteiger partial charge in [-0.3, -0.25) is 14.8 Å². The number of hydrogen-bond donors (Lipinski definition) is 2. The minimum atomic E-state index is -0.681. The number of H-pyrrole nitrogens is 1. The molecule has 0 unspecified atom stereocenters. The third-order valence-corrected chi connectivity index (χ3v) is 7.12. The van der Waals surface area contributed by atoms with Crippen LogP contribution in [0.15, 0.2) is 18.3 Å². The van der Waals surface area contributed by atoms with Crippen molar-refractivity contribution in [1.29, 1.82) is 0 Å². The van der Waals surface area contributed by atoms with Crippen LogP contribution in [0.25, 0.3) is 10.9 Å². The number of morpholine rings is 1. The Hall–Kier alpha value is -1.67. The molecule has 164 valence electrons. The number of piperidine rings is 1. The highest BCUT2D eigenvalue weighted by molar-refractivity contribution is 6.31. The fourth-order valence-electron chi connectivity index (χ4n) is 4.81. The number of likely N-dealkylation sites (tertiary alicyclic amines) is 1. The quantitative estimate of drug-likeness (QED) is 0.756. The smallest absolute Gasteiger partial charge is 0.236 e. The number of benzene rings is 1. The Labute approximate surface area is 182 Å². The van der Waals surface area contributed by atoms with Gasteiger partial charge in [0.15, 0.2) is 0 Å². The number of nitrogens with zero attached hydrogens (tertiary/aromatic N) is 3. The lowest BCUT2D eigenvalue weighted by Gasteiger charge is -2.43. The molecule has 8 heteroatoms. The fraction of sp³-hybridized carbons (Fsp3) is 0.636. The monoisotopic (exact) mass is 434 g/mol. The lowest BCUT2D eigenvalue weighted by Crippen LogP contribution is -2.48. The van der Waals surface area contributed by atoms with E-state index in [1.165, 1.54) is 0 Å². The maximum Gasteiger partial charge on any atom is 0.236 e. The first-order valence-electron chi connectivity index (χ1n) is 10.7. The van der Waals surface area contributed by atoms with Gasteiger partial charge >= 0.3 is 0 Å². The lowest BCUT2D eigenvalue weighted by molar-refractivity contribution is -0.136. The van der Waals surface area contributed by atoms with E-state index in [4.69, 9.17) is 16.3 Å². The predicted molar refractivity (Wildman–Crippen MR) is 116 cm³/mol. The van der Waals surface area contributed by atoms with E-state index in [-0.39, 0.29) is 11.3 Å². The molecular weight excluding hydrogens is 404 g/mol. The highest BCUT2D eigenvalue weighted by Crippen LogP contribution is 2.46. The molecule has 2 N–H and O–H groups in total. The van der Waals surface area contributed by atoms with Gasteiger partial charge in [-0.25, -0.2) is 0 Å². The van der Waals surface area contributed by atoms with E-state index in [0.29, 0.717) is 30.7 Å². The number of aromatic nitrogens is 2. The zero-order valence-electron chi connectivity index (χ0n) is 17.7. The summed E-state index contributed by atoms with van der Waals surface area (Å²) >= 11 is 6.29. The summed E-state index contributed by atoms with van der Waals surface area (Å²) in [5.41, 5.74) is 1.26. The highest BCUT2D eigenvalue weighted by atomic mass is 35.5. The third-order valence-electron chi connectivity index (χ3n) is 6.91. The Bertz CT molecular complexity index is 886. The second kappa shape index (κ2) is 8.83. The van der Waals surface area contributed by atoms with Crippen LogP contribution in [0, 0.1) is 11.3 Å². The molecule has 1 aromatic heterocycles. The van der Waals surface area contributed by atoms with E-state index in [1.807, 2.05) is 17.0 Å². The molecule has 0 saturated carbocycles. The number of nitrogens with one attached hydrogen (secondary N) is 1. The average molecular weight is 435 g/mol. The van der Waals surface area contributed by atoms with Crippen molar-refractivity contribution in [2.75, 3.05) is 45.9 Å². The Kier molecular flexibility index (Phi) is 6.34. The summed E-state index contributed by atoms with van der Waals surface area (Å²) in [6.07, 6.45) is 2.81. The molecule has 0 aliphatic carbocycles. The predicted octanol–water partition coefficient (Wildman–Crippen LogP) is 2.85. The minimum Gasteiger partial charge on any atom is -0.388 e. The number of halogens is 1. The van der Waals surface area contributed by atoms with Crippen molar-refractivity contribution in [3.8, 4) is 0 Å². The van der Waals surface area contributed by atoms with E-state index in [9.17, 15) is 9.90 Å². The van der Waals surface area contributed by atoms with Crippen LogP contribution in [-0.4, -0.2) is 76.9 Å². The summed E-state index contributed by atoms with van der Waals surface area (Å²) in [5.74, 6) is 0.500. The van der Waals surface area contributed by atoms with Crippen molar-refractivity contribution < 1.29 is 14.6 Å². The van der Waals surface area contributed by atoms with Gasteiger partial charge in [0, 0.05) is 42.2 Å². The zero-order chi connectivity index (χ0) is 21.3. The SMILES string of the molecule is CC(C)(C1CCN(C(=O)CN2CCOCC2)CC1)[C@H](O)c1cc(Cl)cc2cn[nH]c12. The molecule has 2 aromatic rings. The molecule has 30 heavy (non-hydrogen) atoms. The van der Waals surface area contributed by atoms with Crippen molar-refractivity contribution in [3.05, 3.63) is 28.9 Å². The topological polar surface area (TPSA) is 81.7 Å². The number of aliphatic hydroxyl groups excluding tert-OH is 1. The van der Waals surface area contributed by atoms with Crippen LogP contribution in [0.2, 0.25) is 5.02 Å². The van der Waals surface area contributed by atoms with Crippen LogP contribution in [0.4, 0.5) is 0 Å². The van der Waals surface area contributed by atoms with Crippen molar-refractivity contribution in [3.63, 3.8) is 0 Å². The molecule has 0 radical (unpaired) electrons. The molecule has 2 saturated heterocycles.